The van der Waals surface area contributed by atoms with Crippen LogP contribution in [0.1, 0.15) is 54.0 Å². The molecule has 3 heterocycles. The summed E-state index contributed by atoms with van der Waals surface area (Å²) in [5.41, 5.74) is 3.23. The Bertz CT molecular complexity index is 1030. The molecule has 1 amide bonds. The Labute approximate surface area is 196 Å². The first-order chi connectivity index (χ1) is 15.8. The molecule has 7 heteroatoms. The zero-order valence-electron chi connectivity index (χ0n) is 20.1. The molecule has 3 aromatic rings. The van der Waals surface area contributed by atoms with Gasteiger partial charge in [-0.2, -0.15) is 0 Å². The number of hydrogen-bond donors (Lipinski definition) is 0. The minimum absolute atomic E-state index is 0.177. The Morgan fingerprint density at radius 1 is 1.00 bits per heavy atom. The predicted octanol–water partition coefficient (Wildman–Crippen LogP) is 4.16. The summed E-state index contributed by atoms with van der Waals surface area (Å²) in [6, 6.07) is 12.7. The number of benzene rings is 1. The highest BCUT2D eigenvalue weighted by Crippen LogP contribution is 2.23. The highest BCUT2D eigenvalue weighted by molar-refractivity contribution is 5.91. The van der Waals surface area contributed by atoms with Crippen molar-refractivity contribution < 1.29 is 13.6 Å². The summed E-state index contributed by atoms with van der Waals surface area (Å²) in [6.07, 6.45) is 3.05. The lowest BCUT2D eigenvalue weighted by Crippen LogP contribution is -2.45. The van der Waals surface area contributed by atoms with E-state index >= 15 is 0 Å². The second-order valence-electron chi connectivity index (χ2n) is 9.87. The first kappa shape index (κ1) is 23.3. The fraction of sp³-hybridized carbons (Fsp3) is 0.462. The molecular weight excluding hydrogens is 416 g/mol. The van der Waals surface area contributed by atoms with Gasteiger partial charge in [-0.25, -0.2) is 4.98 Å². The number of hydrogen-bond acceptors (Lipinski definition) is 6. The standard InChI is InChI=1S/C26H34N4O3/c1-26(2,3)21-9-7-20(8-10-21)16-29-11-13-30(14-12-29)18-24-27-23(19-33-24)25(31)28(4)17-22-6-5-15-32-22/h5-10,15,19H,11-14,16-18H2,1-4H3. The molecule has 0 radical (unpaired) electrons. The lowest BCUT2D eigenvalue weighted by atomic mass is 9.87. The van der Waals surface area contributed by atoms with E-state index in [1.807, 2.05) is 12.1 Å². The fourth-order valence-corrected chi connectivity index (χ4v) is 4.05. The van der Waals surface area contributed by atoms with Crippen molar-refractivity contribution in [1.29, 1.82) is 0 Å². The van der Waals surface area contributed by atoms with Crippen LogP contribution in [0.25, 0.3) is 0 Å². The Hall–Kier alpha value is -2.90. The number of carbonyl (C=O) groups is 1. The van der Waals surface area contributed by atoms with Gasteiger partial charge in [0.2, 0.25) is 5.89 Å². The van der Waals surface area contributed by atoms with E-state index in [1.54, 1.807) is 18.2 Å². The van der Waals surface area contributed by atoms with Crippen LogP contribution in [0, 0.1) is 0 Å². The van der Waals surface area contributed by atoms with Gasteiger partial charge in [-0.05, 0) is 28.7 Å². The van der Waals surface area contributed by atoms with Crippen LogP contribution in [0.3, 0.4) is 0 Å². The Morgan fingerprint density at radius 2 is 1.67 bits per heavy atom. The molecule has 0 unspecified atom stereocenters. The second kappa shape index (κ2) is 9.93. The number of piperazine rings is 1. The summed E-state index contributed by atoms with van der Waals surface area (Å²) in [4.78, 5) is 23.4. The summed E-state index contributed by atoms with van der Waals surface area (Å²) in [7, 11) is 1.73. The summed E-state index contributed by atoms with van der Waals surface area (Å²) in [6.45, 7) is 12.6. The SMILES string of the molecule is CN(Cc1ccco1)C(=O)c1coc(CN2CCN(Cc3ccc(C(C)(C)C)cc3)CC2)n1. The van der Waals surface area contributed by atoms with Crippen LogP contribution in [0.2, 0.25) is 0 Å². The maximum absolute atomic E-state index is 12.6. The third-order valence-electron chi connectivity index (χ3n) is 6.14. The van der Waals surface area contributed by atoms with Crippen LogP contribution in [-0.2, 0) is 25.0 Å². The van der Waals surface area contributed by atoms with Gasteiger partial charge in [-0.1, -0.05) is 45.0 Å². The van der Waals surface area contributed by atoms with Gasteiger partial charge in [-0.3, -0.25) is 14.6 Å². The van der Waals surface area contributed by atoms with E-state index in [0.717, 1.165) is 38.5 Å². The van der Waals surface area contributed by atoms with Gasteiger partial charge in [-0.15, -0.1) is 0 Å². The molecule has 0 spiro atoms. The Balaban J connectivity index is 1.24. The first-order valence-electron chi connectivity index (χ1n) is 11.5. The maximum Gasteiger partial charge on any atom is 0.275 e. The van der Waals surface area contributed by atoms with Crippen LogP contribution >= 0.6 is 0 Å². The molecule has 1 aliphatic heterocycles. The third kappa shape index (κ3) is 6.12. The molecule has 0 atom stereocenters. The molecule has 0 N–H and O–H groups in total. The molecule has 1 fully saturated rings. The van der Waals surface area contributed by atoms with Crippen LogP contribution < -0.4 is 0 Å². The Morgan fingerprint density at radius 3 is 2.27 bits per heavy atom. The predicted molar refractivity (Wildman–Crippen MR) is 127 cm³/mol. The van der Waals surface area contributed by atoms with Crippen molar-refractivity contribution in [2.75, 3.05) is 33.2 Å². The van der Waals surface area contributed by atoms with Crippen molar-refractivity contribution in [3.8, 4) is 0 Å². The van der Waals surface area contributed by atoms with E-state index in [9.17, 15) is 4.79 Å². The van der Waals surface area contributed by atoms with Crippen molar-refractivity contribution in [3.63, 3.8) is 0 Å². The molecule has 0 saturated carbocycles. The first-order valence-corrected chi connectivity index (χ1v) is 11.5. The number of nitrogens with zero attached hydrogens (tertiary/aromatic N) is 4. The summed E-state index contributed by atoms with van der Waals surface area (Å²) in [5, 5.41) is 0. The Kier molecular flexibility index (Phi) is 7.00. The average molecular weight is 451 g/mol. The summed E-state index contributed by atoms with van der Waals surface area (Å²) in [5.74, 6) is 1.14. The summed E-state index contributed by atoms with van der Waals surface area (Å²) < 4.78 is 10.9. The topological polar surface area (TPSA) is 66.0 Å². The van der Waals surface area contributed by atoms with E-state index in [0.29, 0.717) is 24.7 Å². The lowest BCUT2D eigenvalue weighted by molar-refractivity contribution is 0.0769. The number of furan rings is 1. The van der Waals surface area contributed by atoms with Crippen molar-refractivity contribution >= 4 is 5.91 Å². The average Bonchev–Trinajstić information content (AvgIpc) is 3.46. The number of amides is 1. The largest absolute Gasteiger partial charge is 0.467 e. The molecule has 4 rings (SSSR count). The fourth-order valence-electron chi connectivity index (χ4n) is 4.05. The molecule has 33 heavy (non-hydrogen) atoms. The normalized spacial score (nSPS) is 15.6. The highest BCUT2D eigenvalue weighted by Gasteiger charge is 2.22. The molecule has 0 aliphatic carbocycles. The molecular formula is C26H34N4O3. The van der Waals surface area contributed by atoms with Crippen molar-refractivity contribution in [3.05, 3.63) is 77.4 Å². The quantitative estimate of drug-likeness (QED) is 0.539. The number of rotatable bonds is 7. The molecule has 1 aromatic carbocycles. The van der Waals surface area contributed by atoms with E-state index in [2.05, 4.69) is 59.8 Å². The monoisotopic (exact) mass is 450 g/mol. The van der Waals surface area contributed by atoms with Crippen LogP contribution in [0.5, 0.6) is 0 Å². The van der Waals surface area contributed by atoms with E-state index < -0.39 is 0 Å². The van der Waals surface area contributed by atoms with Crippen molar-refractivity contribution in [2.24, 2.45) is 0 Å². The van der Waals surface area contributed by atoms with Crippen LogP contribution in [0.15, 0.2) is 57.8 Å². The van der Waals surface area contributed by atoms with Crippen LogP contribution in [0.4, 0.5) is 0 Å². The van der Waals surface area contributed by atoms with E-state index in [1.165, 1.54) is 17.4 Å². The van der Waals surface area contributed by atoms with Gasteiger partial charge in [0.1, 0.15) is 12.0 Å². The molecule has 1 saturated heterocycles. The highest BCUT2D eigenvalue weighted by atomic mass is 16.3. The molecule has 176 valence electrons. The van der Waals surface area contributed by atoms with Gasteiger partial charge in [0.15, 0.2) is 5.69 Å². The van der Waals surface area contributed by atoms with Crippen LogP contribution in [-0.4, -0.2) is 58.8 Å². The molecule has 1 aliphatic rings. The number of carbonyl (C=O) groups excluding carboxylic acids is 1. The van der Waals surface area contributed by atoms with Crippen molar-refractivity contribution in [1.82, 2.24) is 19.7 Å². The molecule has 7 nitrogen and oxygen atoms in total. The van der Waals surface area contributed by atoms with Gasteiger partial charge in [0, 0.05) is 39.8 Å². The van der Waals surface area contributed by atoms with E-state index in [4.69, 9.17) is 8.83 Å². The van der Waals surface area contributed by atoms with Gasteiger partial charge < -0.3 is 13.7 Å². The minimum atomic E-state index is -0.177. The second-order valence-corrected chi connectivity index (χ2v) is 9.87. The minimum Gasteiger partial charge on any atom is -0.467 e. The third-order valence-corrected chi connectivity index (χ3v) is 6.14. The van der Waals surface area contributed by atoms with Gasteiger partial charge in [0.05, 0.1) is 19.4 Å². The van der Waals surface area contributed by atoms with E-state index in [-0.39, 0.29) is 11.3 Å². The van der Waals surface area contributed by atoms with Gasteiger partial charge in [0.25, 0.3) is 5.91 Å². The lowest BCUT2D eigenvalue weighted by Gasteiger charge is -2.34. The smallest absolute Gasteiger partial charge is 0.275 e. The zero-order valence-corrected chi connectivity index (χ0v) is 20.1. The van der Waals surface area contributed by atoms with Gasteiger partial charge >= 0.3 is 0 Å². The number of oxazole rings is 1. The zero-order chi connectivity index (χ0) is 23.4. The molecule has 2 aromatic heterocycles. The summed E-state index contributed by atoms with van der Waals surface area (Å²) >= 11 is 0. The maximum atomic E-state index is 12.6. The number of aromatic nitrogens is 1. The van der Waals surface area contributed by atoms with Crippen molar-refractivity contribution in [2.45, 2.75) is 45.8 Å². The molecule has 0 bridgehead atoms.